The minimum atomic E-state index is 1.11. The SMILES string of the molecule is c1ccc(-c2ccccc2N(c2ccccc2)c2ccc(-c3ccc4cc5cc(-c6ccc(N(c7ccccc7)c7ccccc7-c7ccccc7)cc6)ccc5cc4c3)cc2)cc1. The molecule has 64 heavy (non-hydrogen) atoms. The van der Waals surface area contributed by atoms with Gasteiger partial charge in [0.15, 0.2) is 0 Å². The standard InChI is InChI=1S/C62H44N2/c1-5-17-47(18-6-1)59-25-13-15-27-61(59)63(55-21-9-3-10-22-55)57-37-33-45(34-38-57)49-29-31-51-44-54-42-50(30-32-52(54)43-53(51)41-49)46-35-39-58(40-36-46)64(56-23-11-4-12-24-56)62-28-16-14-26-60(62)48-19-7-2-8-20-48/h1-44H. The molecule has 0 fully saturated rings. The summed E-state index contributed by atoms with van der Waals surface area (Å²) in [5.41, 5.74) is 16.3. The molecule has 0 radical (unpaired) electrons. The zero-order valence-corrected chi connectivity index (χ0v) is 35.3. The predicted octanol–water partition coefficient (Wildman–Crippen LogP) is 17.6. The molecule has 0 aromatic heterocycles. The molecule has 0 heterocycles. The second-order valence-electron chi connectivity index (χ2n) is 16.2. The fourth-order valence-electron chi connectivity index (χ4n) is 9.03. The van der Waals surface area contributed by atoms with E-state index in [2.05, 4.69) is 277 Å². The number of nitrogens with zero attached hydrogens (tertiary/aromatic N) is 2. The lowest BCUT2D eigenvalue weighted by Gasteiger charge is -2.28. The molecule has 11 aromatic rings. The highest BCUT2D eigenvalue weighted by Crippen LogP contribution is 2.43. The van der Waals surface area contributed by atoms with Gasteiger partial charge in [-0.05, 0) is 140 Å². The Kier molecular flexibility index (Phi) is 10.3. The number of benzene rings is 11. The van der Waals surface area contributed by atoms with E-state index >= 15 is 0 Å². The Labute approximate surface area is 375 Å². The van der Waals surface area contributed by atoms with E-state index in [-0.39, 0.29) is 0 Å². The minimum Gasteiger partial charge on any atom is -0.310 e. The van der Waals surface area contributed by atoms with E-state index in [4.69, 9.17) is 0 Å². The monoisotopic (exact) mass is 816 g/mol. The molecule has 0 aliphatic rings. The third-order valence-electron chi connectivity index (χ3n) is 12.2. The van der Waals surface area contributed by atoms with Gasteiger partial charge in [-0.3, -0.25) is 0 Å². The minimum absolute atomic E-state index is 1.11. The van der Waals surface area contributed by atoms with Crippen LogP contribution in [0.1, 0.15) is 0 Å². The zero-order chi connectivity index (χ0) is 42.7. The van der Waals surface area contributed by atoms with Gasteiger partial charge in [0.25, 0.3) is 0 Å². The van der Waals surface area contributed by atoms with Crippen molar-refractivity contribution in [1.82, 2.24) is 0 Å². The summed E-state index contributed by atoms with van der Waals surface area (Å²) in [7, 11) is 0. The second-order valence-corrected chi connectivity index (χ2v) is 16.2. The van der Waals surface area contributed by atoms with Gasteiger partial charge >= 0.3 is 0 Å². The van der Waals surface area contributed by atoms with Crippen LogP contribution in [0.25, 0.3) is 66.1 Å². The quantitative estimate of drug-likeness (QED) is 0.127. The van der Waals surface area contributed by atoms with Crippen molar-refractivity contribution in [3.63, 3.8) is 0 Å². The molecular weight excluding hydrogens is 773 g/mol. The summed E-state index contributed by atoms with van der Waals surface area (Å²) in [6.07, 6.45) is 0. The molecule has 302 valence electrons. The maximum absolute atomic E-state index is 2.35. The van der Waals surface area contributed by atoms with Gasteiger partial charge in [-0.25, -0.2) is 0 Å². The van der Waals surface area contributed by atoms with Gasteiger partial charge in [0, 0.05) is 33.9 Å². The highest BCUT2D eigenvalue weighted by Gasteiger charge is 2.19. The van der Waals surface area contributed by atoms with Gasteiger partial charge in [-0.1, -0.05) is 182 Å². The zero-order valence-electron chi connectivity index (χ0n) is 35.3. The Hall–Kier alpha value is -8.46. The molecule has 0 amide bonds. The van der Waals surface area contributed by atoms with Crippen molar-refractivity contribution < 1.29 is 0 Å². The molecule has 0 unspecified atom stereocenters. The molecule has 0 spiro atoms. The van der Waals surface area contributed by atoms with Crippen LogP contribution < -0.4 is 9.80 Å². The largest absolute Gasteiger partial charge is 0.310 e. The summed E-state index contributed by atoms with van der Waals surface area (Å²) in [5.74, 6) is 0. The van der Waals surface area contributed by atoms with Gasteiger partial charge in [0.2, 0.25) is 0 Å². The molecule has 0 saturated carbocycles. The van der Waals surface area contributed by atoms with Gasteiger partial charge < -0.3 is 9.80 Å². The van der Waals surface area contributed by atoms with Crippen LogP contribution in [0.3, 0.4) is 0 Å². The van der Waals surface area contributed by atoms with Gasteiger partial charge in [0.05, 0.1) is 11.4 Å². The van der Waals surface area contributed by atoms with E-state index in [0.717, 1.165) is 34.1 Å². The molecule has 0 N–H and O–H groups in total. The number of hydrogen-bond acceptors (Lipinski definition) is 2. The first-order chi connectivity index (χ1) is 31.7. The average molecular weight is 817 g/mol. The topological polar surface area (TPSA) is 6.48 Å². The number of anilines is 6. The first-order valence-corrected chi connectivity index (χ1v) is 21.9. The van der Waals surface area contributed by atoms with Crippen LogP contribution in [0.2, 0.25) is 0 Å². The number of para-hydroxylation sites is 4. The van der Waals surface area contributed by atoms with Crippen molar-refractivity contribution in [2.75, 3.05) is 9.80 Å². The first kappa shape index (κ1) is 38.5. The number of fused-ring (bicyclic) bond motifs is 2. The molecule has 0 bridgehead atoms. The van der Waals surface area contributed by atoms with Crippen molar-refractivity contribution in [1.29, 1.82) is 0 Å². The normalized spacial score (nSPS) is 11.1. The summed E-state index contributed by atoms with van der Waals surface area (Å²) in [6.45, 7) is 0. The third-order valence-corrected chi connectivity index (χ3v) is 12.2. The van der Waals surface area contributed by atoms with Gasteiger partial charge in [-0.2, -0.15) is 0 Å². The van der Waals surface area contributed by atoms with Crippen LogP contribution in [0.5, 0.6) is 0 Å². The van der Waals surface area contributed by atoms with Crippen LogP contribution in [-0.4, -0.2) is 0 Å². The molecular formula is C62H44N2. The van der Waals surface area contributed by atoms with Gasteiger partial charge in [-0.15, -0.1) is 0 Å². The Morgan fingerprint density at radius 2 is 0.500 bits per heavy atom. The highest BCUT2D eigenvalue weighted by molar-refractivity contribution is 6.01. The molecule has 11 rings (SSSR count). The molecule has 0 atom stereocenters. The first-order valence-electron chi connectivity index (χ1n) is 21.9. The fourth-order valence-corrected chi connectivity index (χ4v) is 9.03. The van der Waals surface area contributed by atoms with Gasteiger partial charge in [0.1, 0.15) is 0 Å². The summed E-state index contributed by atoms with van der Waals surface area (Å²) in [4.78, 5) is 4.71. The summed E-state index contributed by atoms with van der Waals surface area (Å²) in [6, 6.07) is 96.1. The molecule has 2 heteroatoms. The maximum Gasteiger partial charge on any atom is 0.0540 e. The van der Waals surface area contributed by atoms with E-state index in [1.807, 2.05) is 0 Å². The van der Waals surface area contributed by atoms with Crippen LogP contribution in [0, 0.1) is 0 Å². The smallest absolute Gasteiger partial charge is 0.0540 e. The van der Waals surface area contributed by atoms with E-state index in [1.165, 1.54) is 66.1 Å². The second kappa shape index (κ2) is 17.1. The molecule has 11 aromatic carbocycles. The molecule has 0 saturated heterocycles. The molecule has 2 nitrogen and oxygen atoms in total. The summed E-state index contributed by atoms with van der Waals surface area (Å²) < 4.78 is 0. The third kappa shape index (κ3) is 7.59. The number of hydrogen-bond donors (Lipinski definition) is 0. The molecule has 0 aliphatic carbocycles. The Bertz CT molecular complexity index is 3120. The van der Waals surface area contributed by atoms with E-state index in [0.29, 0.717) is 0 Å². The van der Waals surface area contributed by atoms with Crippen LogP contribution in [-0.2, 0) is 0 Å². The van der Waals surface area contributed by atoms with Crippen molar-refractivity contribution in [3.05, 3.63) is 267 Å². The van der Waals surface area contributed by atoms with Crippen LogP contribution >= 0.6 is 0 Å². The number of rotatable bonds is 10. The predicted molar refractivity (Wildman–Crippen MR) is 273 cm³/mol. The van der Waals surface area contributed by atoms with E-state index in [1.54, 1.807) is 0 Å². The van der Waals surface area contributed by atoms with Crippen molar-refractivity contribution in [3.8, 4) is 44.5 Å². The Morgan fingerprint density at radius 3 is 0.891 bits per heavy atom. The Balaban J connectivity index is 0.884. The average Bonchev–Trinajstić information content (AvgIpc) is 3.37. The Morgan fingerprint density at radius 1 is 0.188 bits per heavy atom. The fraction of sp³-hybridized carbons (Fsp3) is 0. The lowest BCUT2D eigenvalue weighted by molar-refractivity contribution is 1.28. The summed E-state index contributed by atoms with van der Waals surface area (Å²) >= 11 is 0. The van der Waals surface area contributed by atoms with Crippen LogP contribution in [0.4, 0.5) is 34.1 Å². The maximum atomic E-state index is 2.35. The lowest BCUT2D eigenvalue weighted by atomic mass is 9.96. The van der Waals surface area contributed by atoms with E-state index < -0.39 is 0 Å². The van der Waals surface area contributed by atoms with Crippen molar-refractivity contribution in [2.24, 2.45) is 0 Å². The summed E-state index contributed by atoms with van der Waals surface area (Å²) in [5, 5.41) is 4.91. The highest BCUT2D eigenvalue weighted by atomic mass is 15.1. The van der Waals surface area contributed by atoms with Crippen LogP contribution in [0.15, 0.2) is 267 Å². The van der Waals surface area contributed by atoms with Crippen molar-refractivity contribution in [2.45, 2.75) is 0 Å². The molecule has 0 aliphatic heterocycles. The van der Waals surface area contributed by atoms with Crippen molar-refractivity contribution >= 4 is 55.7 Å². The lowest BCUT2D eigenvalue weighted by Crippen LogP contribution is -2.11. The van der Waals surface area contributed by atoms with E-state index in [9.17, 15) is 0 Å².